The Morgan fingerprint density at radius 2 is 1.11 bits per heavy atom. The molecule has 0 fully saturated rings. The molecule has 0 amide bonds. The average molecular weight is 575 g/mol. The molecule has 0 spiro atoms. The maximum Gasteiger partial charge on any atom is 0.101 e. The predicted octanol–water partition coefficient (Wildman–Crippen LogP) is 10.3. The normalized spacial score (nSPS) is 11.6. The molecule has 4 aromatic heterocycles. The van der Waals surface area contributed by atoms with E-state index in [2.05, 4.69) is 155 Å². The van der Waals surface area contributed by atoms with Crippen LogP contribution in [0.25, 0.3) is 83.0 Å². The van der Waals surface area contributed by atoms with Crippen molar-refractivity contribution < 1.29 is 0 Å². The number of hydrogen-bond donors (Lipinski definition) is 0. The lowest BCUT2D eigenvalue weighted by Crippen LogP contribution is -1.95. The van der Waals surface area contributed by atoms with Crippen LogP contribution in [0.15, 0.2) is 158 Å². The second kappa shape index (κ2) is 10.2. The molecular formula is C41H26N4. The van der Waals surface area contributed by atoms with Gasteiger partial charge in [-0.3, -0.25) is 4.98 Å². The van der Waals surface area contributed by atoms with Crippen molar-refractivity contribution in [2.75, 3.05) is 0 Å². The number of hydrogen-bond acceptors (Lipinski definition) is 3. The monoisotopic (exact) mass is 574 g/mol. The van der Waals surface area contributed by atoms with Crippen LogP contribution in [0, 0.1) is 0 Å². The summed E-state index contributed by atoms with van der Waals surface area (Å²) in [6, 6.07) is 53.1. The van der Waals surface area contributed by atoms with Gasteiger partial charge in [-0.05, 0) is 29.1 Å². The minimum absolute atomic E-state index is 0.918. The smallest absolute Gasteiger partial charge is 0.101 e. The Morgan fingerprint density at radius 1 is 0.467 bits per heavy atom. The summed E-state index contributed by atoms with van der Waals surface area (Å²) < 4.78 is 2.13. The Hall–Kier alpha value is -6.13. The second-order valence-corrected chi connectivity index (χ2v) is 11.3. The highest BCUT2D eigenvalue weighted by atomic mass is 15.2. The highest BCUT2D eigenvalue weighted by Gasteiger charge is 2.21. The van der Waals surface area contributed by atoms with Gasteiger partial charge in [0.05, 0.1) is 27.9 Å². The van der Waals surface area contributed by atoms with Gasteiger partial charge in [0.2, 0.25) is 0 Å². The second-order valence-electron chi connectivity index (χ2n) is 11.3. The molecular weight excluding hydrogens is 548 g/mol. The fraction of sp³-hybridized carbons (Fsp3) is 0. The van der Waals surface area contributed by atoms with E-state index in [-0.39, 0.29) is 0 Å². The number of nitrogens with zero attached hydrogens (tertiary/aromatic N) is 4. The van der Waals surface area contributed by atoms with E-state index in [1.807, 2.05) is 12.3 Å². The van der Waals surface area contributed by atoms with E-state index in [4.69, 9.17) is 10.1 Å². The first-order valence-electron chi connectivity index (χ1n) is 15.1. The van der Waals surface area contributed by atoms with Crippen molar-refractivity contribution in [1.29, 1.82) is 0 Å². The third-order valence-electron chi connectivity index (χ3n) is 8.64. The molecule has 210 valence electrons. The van der Waals surface area contributed by atoms with Crippen molar-refractivity contribution in [3.8, 4) is 44.9 Å². The molecule has 4 nitrogen and oxygen atoms in total. The lowest BCUT2D eigenvalue weighted by atomic mass is 9.96. The summed E-state index contributed by atoms with van der Waals surface area (Å²) in [4.78, 5) is 9.71. The van der Waals surface area contributed by atoms with Crippen LogP contribution >= 0.6 is 0 Å². The van der Waals surface area contributed by atoms with Crippen molar-refractivity contribution in [2.45, 2.75) is 0 Å². The van der Waals surface area contributed by atoms with Crippen LogP contribution in [-0.2, 0) is 0 Å². The quantitative estimate of drug-likeness (QED) is 0.196. The maximum atomic E-state index is 5.36. The predicted molar refractivity (Wildman–Crippen MR) is 185 cm³/mol. The summed E-state index contributed by atoms with van der Waals surface area (Å²) in [6.45, 7) is 0. The molecule has 4 heterocycles. The molecule has 0 unspecified atom stereocenters. The minimum Gasteiger partial charge on any atom is -0.254 e. The zero-order valence-corrected chi connectivity index (χ0v) is 24.3. The van der Waals surface area contributed by atoms with Crippen LogP contribution in [0.2, 0.25) is 0 Å². The lowest BCUT2D eigenvalue weighted by Gasteiger charge is -2.10. The summed E-state index contributed by atoms with van der Waals surface area (Å²) in [5, 5.41) is 9.89. The fourth-order valence-corrected chi connectivity index (χ4v) is 6.47. The third kappa shape index (κ3) is 4.19. The zero-order chi connectivity index (χ0) is 29.7. The van der Waals surface area contributed by atoms with Gasteiger partial charge in [-0.1, -0.05) is 133 Å². The van der Waals surface area contributed by atoms with E-state index in [1.54, 1.807) is 0 Å². The largest absolute Gasteiger partial charge is 0.254 e. The Bertz CT molecular complexity index is 2520. The third-order valence-corrected chi connectivity index (χ3v) is 8.64. The van der Waals surface area contributed by atoms with E-state index in [9.17, 15) is 0 Å². The van der Waals surface area contributed by atoms with Crippen LogP contribution in [0.3, 0.4) is 0 Å². The molecule has 9 rings (SSSR count). The molecule has 0 saturated carbocycles. The van der Waals surface area contributed by atoms with Crippen LogP contribution in [0.5, 0.6) is 0 Å². The number of benzene rings is 5. The average Bonchev–Trinajstić information content (AvgIpc) is 3.53. The van der Waals surface area contributed by atoms with Crippen LogP contribution < -0.4 is 0 Å². The lowest BCUT2D eigenvalue weighted by molar-refractivity contribution is 0.979. The first-order valence-corrected chi connectivity index (χ1v) is 15.1. The molecule has 0 bridgehead atoms. The van der Waals surface area contributed by atoms with E-state index in [0.717, 1.165) is 72.2 Å². The summed E-state index contributed by atoms with van der Waals surface area (Å²) in [5.41, 5.74) is 11.4. The van der Waals surface area contributed by atoms with Gasteiger partial charge in [-0.25, -0.2) is 9.50 Å². The minimum atomic E-state index is 0.918. The van der Waals surface area contributed by atoms with Gasteiger partial charge >= 0.3 is 0 Å². The van der Waals surface area contributed by atoms with E-state index in [1.165, 1.54) is 10.8 Å². The van der Waals surface area contributed by atoms with Gasteiger partial charge in [0.1, 0.15) is 5.69 Å². The maximum absolute atomic E-state index is 5.36. The van der Waals surface area contributed by atoms with Gasteiger partial charge in [0, 0.05) is 44.6 Å². The van der Waals surface area contributed by atoms with Crippen molar-refractivity contribution in [2.24, 2.45) is 0 Å². The Kier molecular flexibility index (Phi) is 5.78. The molecule has 0 aliphatic rings. The molecule has 9 aromatic rings. The summed E-state index contributed by atoms with van der Waals surface area (Å²) in [7, 11) is 0. The van der Waals surface area contributed by atoms with Crippen molar-refractivity contribution in [3.63, 3.8) is 0 Å². The SMILES string of the molecule is c1ccc(-c2c(-c3ccc(-c4ccc5ccc6cccnc6c5n4)cc3)nn3c(-c4ccccc4)cc4ccccc4c23)cc1. The number of rotatable bonds is 4. The molecule has 45 heavy (non-hydrogen) atoms. The Morgan fingerprint density at radius 3 is 1.91 bits per heavy atom. The van der Waals surface area contributed by atoms with Gasteiger partial charge < -0.3 is 0 Å². The first kappa shape index (κ1) is 25.4. The standard InChI is InChI=1S/C41H26N4/c1-3-10-28(11-4-1)36-26-33-14-7-8-16-34(33)41-37(29-12-5-2-6-13-29)38(44-45(36)41)31-19-17-27(18-20-31)35-24-23-32-22-21-30-15-9-25-42-39(30)40(32)43-35/h1-26H. The van der Waals surface area contributed by atoms with Gasteiger partial charge in [0.15, 0.2) is 0 Å². The topological polar surface area (TPSA) is 43.1 Å². The van der Waals surface area contributed by atoms with Gasteiger partial charge in [-0.15, -0.1) is 0 Å². The number of fused-ring (bicyclic) bond motifs is 6. The van der Waals surface area contributed by atoms with E-state index < -0.39 is 0 Å². The highest BCUT2D eigenvalue weighted by Crippen LogP contribution is 2.41. The number of aromatic nitrogens is 4. The first-order chi connectivity index (χ1) is 22.3. The van der Waals surface area contributed by atoms with Gasteiger partial charge in [-0.2, -0.15) is 5.10 Å². The summed E-state index contributed by atoms with van der Waals surface area (Å²) in [5.74, 6) is 0. The van der Waals surface area contributed by atoms with Crippen molar-refractivity contribution >= 4 is 38.1 Å². The summed E-state index contributed by atoms with van der Waals surface area (Å²) >= 11 is 0. The fourth-order valence-electron chi connectivity index (χ4n) is 6.47. The molecule has 0 aliphatic carbocycles. The highest BCUT2D eigenvalue weighted by molar-refractivity contribution is 6.08. The molecule has 5 aromatic carbocycles. The van der Waals surface area contributed by atoms with Crippen molar-refractivity contribution in [3.05, 3.63) is 158 Å². The zero-order valence-electron chi connectivity index (χ0n) is 24.3. The van der Waals surface area contributed by atoms with Crippen LogP contribution in [-0.4, -0.2) is 19.6 Å². The Balaban J connectivity index is 1.26. The van der Waals surface area contributed by atoms with E-state index >= 15 is 0 Å². The molecule has 0 aliphatic heterocycles. The summed E-state index contributed by atoms with van der Waals surface area (Å²) in [6.07, 6.45) is 1.83. The van der Waals surface area contributed by atoms with E-state index in [0.29, 0.717) is 0 Å². The molecule has 0 atom stereocenters. The molecule has 0 N–H and O–H groups in total. The molecule has 0 radical (unpaired) electrons. The molecule has 4 heteroatoms. The van der Waals surface area contributed by atoms with Crippen molar-refractivity contribution in [1.82, 2.24) is 19.6 Å². The van der Waals surface area contributed by atoms with Gasteiger partial charge in [0.25, 0.3) is 0 Å². The molecule has 0 saturated heterocycles. The number of pyridine rings is 3. The van der Waals surface area contributed by atoms with Crippen LogP contribution in [0.4, 0.5) is 0 Å². The Labute approximate surface area is 259 Å². The van der Waals surface area contributed by atoms with Crippen LogP contribution in [0.1, 0.15) is 0 Å².